The summed E-state index contributed by atoms with van der Waals surface area (Å²) in [6, 6.07) is 6.96. The van der Waals surface area contributed by atoms with Crippen LogP contribution in [-0.4, -0.2) is 50.2 Å². The Balaban J connectivity index is 1.85. The average Bonchev–Trinajstić information content (AvgIpc) is 2.68. The predicted octanol–water partition coefficient (Wildman–Crippen LogP) is 2.95. The third-order valence-corrected chi connectivity index (χ3v) is 4.44. The smallest absolute Gasteiger partial charge is 0.331 e. The van der Waals surface area contributed by atoms with E-state index in [2.05, 4.69) is 0 Å². The molecule has 28 heavy (non-hydrogen) atoms. The standard InChI is InChI=1S/C21H26N2O5/c1-26-19-15-17(7-9-18(19)27-14-11-22)8-10-21(25)28-16-20(24)23-12-5-3-2-4-6-13-23/h7-10,15H,2-6,12-14,16H2,1H3/b10-8+. The molecule has 0 saturated carbocycles. The number of likely N-dealkylation sites (tertiary alicyclic amines) is 1. The fourth-order valence-electron chi connectivity index (χ4n) is 2.95. The summed E-state index contributed by atoms with van der Waals surface area (Å²) in [5.41, 5.74) is 0.702. The monoisotopic (exact) mass is 386 g/mol. The molecule has 1 amide bonds. The third kappa shape index (κ3) is 6.95. The van der Waals surface area contributed by atoms with Crippen LogP contribution in [-0.2, 0) is 14.3 Å². The number of benzene rings is 1. The van der Waals surface area contributed by atoms with Crippen LogP contribution in [0.1, 0.15) is 37.7 Å². The Labute approximate surface area is 165 Å². The summed E-state index contributed by atoms with van der Waals surface area (Å²) in [5, 5.41) is 8.58. The maximum atomic E-state index is 12.2. The van der Waals surface area contributed by atoms with E-state index < -0.39 is 5.97 Å². The number of nitrogens with zero attached hydrogens (tertiary/aromatic N) is 2. The van der Waals surface area contributed by atoms with Crippen molar-refractivity contribution < 1.29 is 23.8 Å². The lowest BCUT2D eigenvalue weighted by Crippen LogP contribution is -2.36. The Hall–Kier alpha value is -3.01. The number of carbonyl (C=O) groups is 2. The minimum Gasteiger partial charge on any atom is -0.493 e. The number of carbonyl (C=O) groups excluding carboxylic acids is 2. The van der Waals surface area contributed by atoms with E-state index in [1.807, 2.05) is 6.07 Å². The number of methoxy groups -OCH3 is 1. The van der Waals surface area contributed by atoms with Gasteiger partial charge in [0.2, 0.25) is 0 Å². The molecule has 0 aliphatic carbocycles. The van der Waals surface area contributed by atoms with Gasteiger partial charge in [-0.05, 0) is 36.6 Å². The zero-order chi connectivity index (χ0) is 20.2. The summed E-state index contributed by atoms with van der Waals surface area (Å²) in [4.78, 5) is 25.9. The molecule has 1 aromatic carbocycles. The molecule has 2 rings (SSSR count). The van der Waals surface area contributed by atoms with E-state index in [0.29, 0.717) is 17.1 Å². The van der Waals surface area contributed by atoms with Gasteiger partial charge in [0.1, 0.15) is 6.07 Å². The topological polar surface area (TPSA) is 88.9 Å². The van der Waals surface area contributed by atoms with E-state index in [1.54, 1.807) is 29.2 Å². The first-order chi connectivity index (χ1) is 13.6. The van der Waals surface area contributed by atoms with Crippen LogP contribution in [0.15, 0.2) is 24.3 Å². The van der Waals surface area contributed by atoms with Gasteiger partial charge in [-0.15, -0.1) is 0 Å². The van der Waals surface area contributed by atoms with E-state index in [4.69, 9.17) is 19.5 Å². The van der Waals surface area contributed by atoms with Crippen molar-refractivity contribution in [3.8, 4) is 17.6 Å². The normalized spacial score (nSPS) is 14.6. The zero-order valence-corrected chi connectivity index (χ0v) is 16.2. The Bertz CT molecular complexity index is 731. The summed E-state index contributed by atoms with van der Waals surface area (Å²) >= 11 is 0. The molecular formula is C21H26N2O5. The van der Waals surface area contributed by atoms with Crippen molar-refractivity contribution in [2.75, 3.05) is 33.4 Å². The lowest BCUT2D eigenvalue weighted by molar-refractivity contribution is -0.148. The van der Waals surface area contributed by atoms with Gasteiger partial charge in [0.05, 0.1) is 7.11 Å². The number of rotatable bonds is 7. The lowest BCUT2D eigenvalue weighted by atomic mass is 10.1. The molecule has 150 valence electrons. The Morgan fingerprint density at radius 3 is 2.54 bits per heavy atom. The highest BCUT2D eigenvalue weighted by Crippen LogP contribution is 2.28. The molecule has 0 bridgehead atoms. The van der Waals surface area contributed by atoms with Crippen LogP contribution in [0.3, 0.4) is 0 Å². The van der Waals surface area contributed by atoms with Gasteiger partial charge in [0.15, 0.2) is 24.7 Å². The van der Waals surface area contributed by atoms with Gasteiger partial charge in [0.25, 0.3) is 5.91 Å². The van der Waals surface area contributed by atoms with E-state index in [-0.39, 0.29) is 19.1 Å². The van der Waals surface area contributed by atoms with Crippen molar-refractivity contribution in [1.82, 2.24) is 4.90 Å². The molecule has 0 unspecified atom stereocenters. The van der Waals surface area contributed by atoms with Crippen LogP contribution in [0, 0.1) is 11.3 Å². The van der Waals surface area contributed by atoms with Crippen molar-refractivity contribution in [3.05, 3.63) is 29.8 Å². The summed E-state index contributed by atoms with van der Waals surface area (Å²) in [5.74, 6) is 0.175. The van der Waals surface area contributed by atoms with Crippen molar-refractivity contribution in [3.63, 3.8) is 0 Å². The first kappa shape index (κ1) is 21.3. The van der Waals surface area contributed by atoms with Crippen LogP contribution in [0.25, 0.3) is 6.08 Å². The first-order valence-electron chi connectivity index (χ1n) is 9.44. The lowest BCUT2D eigenvalue weighted by Gasteiger charge is -2.24. The minimum atomic E-state index is -0.579. The highest BCUT2D eigenvalue weighted by molar-refractivity contribution is 5.89. The number of amides is 1. The largest absolute Gasteiger partial charge is 0.493 e. The maximum absolute atomic E-state index is 12.2. The summed E-state index contributed by atoms with van der Waals surface area (Å²) < 4.78 is 15.5. The molecule has 7 heteroatoms. The van der Waals surface area contributed by atoms with Crippen LogP contribution in [0.5, 0.6) is 11.5 Å². The van der Waals surface area contributed by atoms with Gasteiger partial charge in [-0.3, -0.25) is 4.79 Å². The van der Waals surface area contributed by atoms with Crippen molar-refractivity contribution in [1.29, 1.82) is 5.26 Å². The molecule has 7 nitrogen and oxygen atoms in total. The third-order valence-electron chi connectivity index (χ3n) is 4.44. The van der Waals surface area contributed by atoms with E-state index in [9.17, 15) is 9.59 Å². The summed E-state index contributed by atoms with van der Waals surface area (Å²) in [7, 11) is 1.49. The fourth-order valence-corrected chi connectivity index (χ4v) is 2.95. The molecule has 0 spiro atoms. The molecule has 1 aliphatic rings. The molecule has 1 saturated heterocycles. The highest BCUT2D eigenvalue weighted by Gasteiger charge is 2.16. The maximum Gasteiger partial charge on any atom is 0.331 e. The second-order valence-electron chi connectivity index (χ2n) is 6.45. The second kappa shape index (κ2) is 11.7. The zero-order valence-electron chi connectivity index (χ0n) is 16.2. The van der Waals surface area contributed by atoms with E-state index in [1.165, 1.54) is 19.6 Å². The molecule has 0 N–H and O–H groups in total. The number of hydrogen-bond acceptors (Lipinski definition) is 6. The van der Waals surface area contributed by atoms with Crippen molar-refractivity contribution in [2.24, 2.45) is 0 Å². The summed E-state index contributed by atoms with van der Waals surface area (Å²) in [6.07, 6.45) is 8.32. The molecule has 1 aliphatic heterocycles. The molecule has 1 fully saturated rings. The number of ether oxygens (including phenoxy) is 3. The predicted molar refractivity (Wildman–Crippen MR) is 104 cm³/mol. The quantitative estimate of drug-likeness (QED) is 0.529. The van der Waals surface area contributed by atoms with E-state index in [0.717, 1.165) is 38.8 Å². The van der Waals surface area contributed by atoms with Crippen LogP contribution in [0.4, 0.5) is 0 Å². The van der Waals surface area contributed by atoms with Crippen LogP contribution in [0.2, 0.25) is 0 Å². The highest BCUT2D eigenvalue weighted by atomic mass is 16.5. The van der Waals surface area contributed by atoms with Gasteiger partial charge in [0, 0.05) is 19.2 Å². The van der Waals surface area contributed by atoms with Crippen molar-refractivity contribution in [2.45, 2.75) is 32.1 Å². The molecule has 1 aromatic rings. The van der Waals surface area contributed by atoms with Gasteiger partial charge >= 0.3 is 5.97 Å². The Morgan fingerprint density at radius 1 is 1.14 bits per heavy atom. The molecule has 0 atom stereocenters. The van der Waals surface area contributed by atoms with Gasteiger partial charge in [-0.25, -0.2) is 4.79 Å². The van der Waals surface area contributed by atoms with Crippen molar-refractivity contribution >= 4 is 18.0 Å². The fraction of sp³-hybridized carbons (Fsp3) is 0.476. The average molecular weight is 386 g/mol. The first-order valence-corrected chi connectivity index (χ1v) is 9.44. The van der Waals surface area contributed by atoms with Gasteiger partial charge in [-0.2, -0.15) is 5.26 Å². The Morgan fingerprint density at radius 2 is 1.86 bits per heavy atom. The van der Waals surface area contributed by atoms with E-state index >= 15 is 0 Å². The second-order valence-corrected chi connectivity index (χ2v) is 6.45. The summed E-state index contributed by atoms with van der Waals surface area (Å²) in [6.45, 7) is 1.13. The molecule has 1 heterocycles. The Kier molecular flexibility index (Phi) is 8.86. The minimum absolute atomic E-state index is 0.0804. The number of nitriles is 1. The van der Waals surface area contributed by atoms with Gasteiger partial charge < -0.3 is 19.1 Å². The number of esters is 1. The SMILES string of the molecule is COc1cc(/C=C/C(=O)OCC(=O)N2CCCCCCC2)ccc1OCC#N. The van der Waals surface area contributed by atoms with Gasteiger partial charge in [-0.1, -0.05) is 25.3 Å². The number of hydrogen-bond donors (Lipinski definition) is 0. The van der Waals surface area contributed by atoms with Crippen LogP contribution < -0.4 is 9.47 Å². The van der Waals surface area contributed by atoms with Crippen LogP contribution >= 0.6 is 0 Å². The molecule has 0 radical (unpaired) electrons. The molecule has 0 aromatic heterocycles. The molecular weight excluding hydrogens is 360 g/mol.